The van der Waals surface area contributed by atoms with E-state index in [4.69, 9.17) is 33.0 Å². The first-order chi connectivity index (χ1) is 16.7. The van der Waals surface area contributed by atoms with Crippen LogP contribution in [0.25, 0.3) is 0 Å². The largest absolute Gasteiger partial charge is 0.482 e. The van der Waals surface area contributed by atoms with Gasteiger partial charge in [0.05, 0.1) is 11.4 Å². The zero-order chi connectivity index (χ0) is 25.4. The molecule has 0 spiro atoms. The zero-order valence-electron chi connectivity index (χ0n) is 19.1. The number of aliphatic hydroxyl groups is 2. The van der Waals surface area contributed by atoms with E-state index in [1.807, 2.05) is 24.0 Å². The van der Waals surface area contributed by atoms with E-state index in [0.29, 0.717) is 23.6 Å². The van der Waals surface area contributed by atoms with E-state index in [1.165, 1.54) is 0 Å². The molecule has 0 aliphatic heterocycles. The molecule has 3 atom stereocenters. The lowest BCUT2D eigenvalue weighted by Gasteiger charge is -2.32. The van der Waals surface area contributed by atoms with Crippen molar-refractivity contribution in [1.29, 1.82) is 0 Å². The van der Waals surface area contributed by atoms with Gasteiger partial charge in [-0.3, -0.25) is 4.90 Å². The molecule has 0 radical (unpaired) electrons. The van der Waals surface area contributed by atoms with E-state index < -0.39 is 24.8 Å². The summed E-state index contributed by atoms with van der Waals surface area (Å²) in [6.45, 7) is 1.98. The summed E-state index contributed by atoms with van der Waals surface area (Å²) in [5, 5.41) is 31.0. The summed E-state index contributed by atoms with van der Waals surface area (Å²) in [6, 6.07) is 17.2. The second-order valence-corrected chi connectivity index (χ2v) is 8.91. The van der Waals surface area contributed by atoms with Gasteiger partial charge in [-0.25, -0.2) is 14.8 Å². The Kier molecular flexibility index (Phi) is 9.83. The molecule has 3 N–H and O–H groups in total. The van der Waals surface area contributed by atoms with Crippen LogP contribution in [0.3, 0.4) is 0 Å². The maximum absolute atomic E-state index is 10.9. The monoisotopic (exact) mass is 519 g/mol. The molecule has 2 aromatic heterocycles. The van der Waals surface area contributed by atoms with Crippen molar-refractivity contribution in [2.45, 2.75) is 31.6 Å². The van der Waals surface area contributed by atoms with E-state index in [1.54, 1.807) is 48.5 Å². The average Bonchev–Trinajstić information content (AvgIpc) is 2.83. The Bertz CT molecular complexity index is 1060. The van der Waals surface area contributed by atoms with Gasteiger partial charge in [-0.2, -0.15) is 0 Å². The first-order valence-corrected chi connectivity index (χ1v) is 11.8. The summed E-state index contributed by atoms with van der Waals surface area (Å²) < 4.78 is 5.19. The highest BCUT2D eigenvalue weighted by molar-refractivity contribution is 6.29. The van der Waals surface area contributed by atoms with Gasteiger partial charge in [-0.05, 0) is 55.3 Å². The van der Waals surface area contributed by atoms with E-state index >= 15 is 0 Å². The number of aliphatic hydroxyl groups excluding tert-OH is 2. The van der Waals surface area contributed by atoms with E-state index in [0.717, 1.165) is 5.56 Å². The second-order valence-electron chi connectivity index (χ2n) is 8.14. The fourth-order valence-electron chi connectivity index (χ4n) is 3.62. The highest BCUT2D eigenvalue weighted by atomic mass is 35.5. The van der Waals surface area contributed by atoms with Crippen LogP contribution in [0.2, 0.25) is 10.3 Å². The van der Waals surface area contributed by atoms with Gasteiger partial charge in [-0.1, -0.05) is 47.5 Å². The van der Waals surface area contributed by atoms with Gasteiger partial charge in [0.2, 0.25) is 0 Å². The number of halogens is 2. The standard InChI is InChI=1S/C25H27Cl2N3O5/c1-16(12-17-8-10-18(11-9-17)35-15-25(33)34)30(13-21(31)19-4-2-6-23(26)28-19)14-22(32)20-5-3-7-24(27)29-20/h2-11,16,21-22,31-32H,12-15H2,1H3,(H,33,34). The van der Waals surface area contributed by atoms with Crippen LogP contribution in [0.5, 0.6) is 5.75 Å². The Labute approximate surface area is 213 Å². The van der Waals surface area contributed by atoms with Crippen LogP contribution in [-0.4, -0.2) is 61.9 Å². The summed E-state index contributed by atoms with van der Waals surface area (Å²) in [4.78, 5) is 21.0. The van der Waals surface area contributed by atoms with Crippen molar-refractivity contribution >= 4 is 29.2 Å². The van der Waals surface area contributed by atoms with E-state index in [9.17, 15) is 15.0 Å². The van der Waals surface area contributed by atoms with Crippen LogP contribution in [0, 0.1) is 0 Å². The minimum Gasteiger partial charge on any atom is -0.482 e. The third-order valence-corrected chi connectivity index (χ3v) is 5.83. The Morgan fingerprint density at radius 2 is 1.43 bits per heavy atom. The van der Waals surface area contributed by atoms with Crippen molar-refractivity contribution in [2.75, 3.05) is 19.7 Å². The highest BCUT2D eigenvalue weighted by Gasteiger charge is 2.24. The van der Waals surface area contributed by atoms with Gasteiger partial charge in [0.15, 0.2) is 6.61 Å². The minimum absolute atomic E-state index is 0.0940. The molecule has 3 rings (SSSR count). The molecule has 35 heavy (non-hydrogen) atoms. The maximum Gasteiger partial charge on any atom is 0.341 e. The molecule has 0 saturated carbocycles. The highest BCUT2D eigenvalue weighted by Crippen LogP contribution is 2.22. The molecule has 186 valence electrons. The fourth-order valence-corrected chi connectivity index (χ4v) is 3.96. The minimum atomic E-state index is -1.04. The Hall–Kier alpha value is -2.75. The molecule has 0 aliphatic carbocycles. The quantitative estimate of drug-likeness (QED) is 0.308. The second kappa shape index (κ2) is 12.8. The number of nitrogens with zero attached hydrogens (tertiary/aromatic N) is 3. The molecule has 3 aromatic rings. The normalized spacial score (nSPS) is 13.9. The summed E-state index contributed by atoms with van der Waals surface area (Å²) >= 11 is 12.0. The first kappa shape index (κ1) is 26.8. The number of hydrogen-bond donors (Lipinski definition) is 3. The lowest BCUT2D eigenvalue weighted by molar-refractivity contribution is -0.139. The van der Waals surface area contributed by atoms with Crippen molar-refractivity contribution in [3.63, 3.8) is 0 Å². The summed E-state index contributed by atoms with van der Waals surface area (Å²) in [7, 11) is 0. The zero-order valence-corrected chi connectivity index (χ0v) is 20.6. The molecule has 0 saturated heterocycles. The van der Waals surface area contributed by atoms with Crippen molar-refractivity contribution < 1.29 is 24.9 Å². The topological polar surface area (TPSA) is 116 Å². The smallest absolute Gasteiger partial charge is 0.341 e. The van der Waals surface area contributed by atoms with Gasteiger partial charge >= 0.3 is 5.97 Å². The van der Waals surface area contributed by atoms with Crippen LogP contribution >= 0.6 is 23.2 Å². The molecule has 3 unspecified atom stereocenters. The van der Waals surface area contributed by atoms with Crippen LogP contribution in [0.15, 0.2) is 60.7 Å². The number of carbonyl (C=O) groups is 1. The SMILES string of the molecule is CC(Cc1ccc(OCC(=O)O)cc1)N(CC(O)c1cccc(Cl)n1)CC(O)c1cccc(Cl)n1. The number of benzene rings is 1. The number of aromatic nitrogens is 2. The van der Waals surface area contributed by atoms with Gasteiger partial charge in [0.1, 0.15) is 28.3 Å². The Morgan fingerprint density at radius 1 is 0.914 bits per heavy atom. The summed E-state index contributed by atoms with van der Waals surface area (Å²) in [6.07, 6.45) is -1.25. The summed E-state index contributed by atoms with van der Waals surface area (Å²) in [5.74, 6) is -0.579. The third kappa shape index (κ3) is 8.45. The number of aliphatic carboxylic acids is 1. The number of hydrogen-bond acceptors (Lipinski definition) is 7. The molecular formula is C25H27Cl2N3O5. The predicted octanol–water partition coefficient (Wildman–Crippen LogP) is 3.95. The molecular weight excluding hydrogens is 493 g/mol. The molecule has 8 nitrogen and oxygen atoms in total. The molecule has 0 aliphatic rings. The third-order valence-electron chi connectivity index (χ3n) is 5.41. The van der Waals surface area contributed by atoms with Crippen LogP contribution in [0.4, 0.5) is 0 Å². The van der Waals surface area contributed by atoms with Crippen molar-refractivity contribution in [1.82, 2.24) is 14.9 Å². The van der Waals surface area contributed by atoms with Gasteiger partial charge < -0.3 is 20.1 Å². The molecule has 1 aromatic carbocycles. The number of carboxylic acid groups (broad SMARTS) is 1. The van der Waals surface area contributed by atoms with Crippen LogP contribution in [-0.2, 0) is 11.2 Å². The fraction of sp³-hybridized carbons (Fsp3) is 0.320. The Balaban J connectivity index is 1.74. The maximum atomic E-state index is 10.9. The van der Waals surface area contributed by atoms with Crippen LogP contribution in [0.1, 0.15) is 36.1 Å². The van der Waals surface area contributed by atoms with Crippen molar-refractivity contribution in [3.8, 4) is 5.75 Å². The number of rotatable bonds is 12. The molecule has 10 heteroatoms. The molecule has 0 amide bonds. The number of ether oxygens (including phenoxy) is 1. The lowest BCUT2D eigenvalue weighted by atomic mass is 10.0. The molecule has 0 fully saturated rings. The lowest BCUT2D eigenvalue weighted by Crippen LogP contribution is -2.40. The average molecular weight is 520 g/mol. The van der Waals surface area contributed by atoms with Gasteiger partial charge in [0.25, 0.3) is 0 Å². The van der Waals surface area contributed by atoms with E-state index in [-0.39, 0.29) is 29.4 Å². The number of carboxylic acids is 1. The van der Waals surface area contributed by atoms with E-state index in [2.05, 4.69) is 9.97 Å². The van der Waals surface area contributed by atoms with Gasteiger partial charge in [0, 0.05) is 19.1 Å². The van der Waals surface area contributed by atoms with Crippen molar-refractivity contribution in [3.05, 3.63) is 87.9 Å². The summed E-state index contributed by atoms with van der Waals surface area (Å²) in [5.41, 5.74) is 1.85. The molecule has 2 heterocycles. The number of pyridine rings is 2. The first-order valence-electron chi connectivity index (χ1n) is 11.0. The Morgan fingerprint density at radius 3 is 1.89 bits per heavy atom. The predicted molar refractivity (Wildman–Crippen MR) is 133 cm³/mol. The van der Waals surface area contributed by atoms with Crippen molar-refractivity contribution in [2.24, 2.45) is 0 Å². The van der Waals surface area contributed by atoms with Gasteiger partial charge in [-0.15, -0.1) is 0 Å². The van der Waals surface area contributed by atoms with Crippen LogP contribution < -0.4 is 4.74 Å². The molecule has 0 bridgehead atoms.